The molecule has 5 N–H and O–H groups in total. The average Bonchev–Trinajstić information content (AvgIpc) is 2.24. The van der Waals surface area contributed by atoms with E-state index >= 15 is 0 Å². The van der Waals surface area contributed by atoms with Gasteiger partial charge < -0.3 is 11.1 Å². The van der Waals surface area contributed by atoms with Gasteiger partial charge in [-0.25, -0.2) is 13.6 Å². The topological polar surface area (TPSA) is 98.2 Å². The highest BCUT2D eigenvalue weighted by molar-refractivity contribution is 7.89. The van der Waals surface area contributed by atoms with Gasteiger partial charge in [0.1, 0.15) is 4.90 Å². The van der Waals surface area contributed by atoms with Crippen LogP contribution in [0.5, 0.6) is 0 Å². The van der Waals surface area contributed by atoms with Crippen LogP contribution in [0.1, 0.15) is 26.7 Å². The summed E-state index contributed by atoms with van der Waals surface area (Å²) in [6, 6.07) is 4.67. The summed E-state index contributed by atoms with van der Waals surface area (Å²) >= 11 is 0. The van der Waals surface area contributed by atoms with Crippen molar-refractivity contribution in [3.05, 3.63) is 18.2 Å². The van der Waals surface area contributed by atoms with Gasteiger partial charge in [0.2, 0.25) is 10.0 Å². The molecule has 0 unspecified atom stereocenters. The van der Waals surface area contributed by atoms with Gasteiger partial charge in [-0.1, -0.05) is 13.8 Å². The van der Waals surface area contributed by atoms with Gasteiger partial charge in [0, 0.05) is 12.2 Å². The van der Waals surface area contributed by atoms with Gasteiger partial charge >= 0.3 is 0 Å². The first kappa shape index (κ1) is 14.8. The molecule has 6 heteroatoms. The van der Waals surface area contributed by atoms with E-state index in [1.165, 1.54) is 6.07 Å². The minimum Gasteiger partial charge on any atom is -0.399 e. The maximum atomic E-state index is 11.4. The van der Waals surface area contributed by atoms with Crippen molar-refractivity contribution in [3.63, 3.8) is 0 Å². The van der Waals surface area contributed by atoms with E-state index in [4.69, 9.17) is 10.9 Å². The molecule has 0 radical (unpaired) electrons. The van der Waals surface area contributed by atoms with E-state index in [2.05, 4.69) is 19.2 Å². The largest absolute Gasteiger partial charge is 0.399 e. The fourth-order valence-electron chi connectivity index (χ4n) is 1.65. The van der Waals surface area contributed by atoms with Gasteiger partial charge in [0.25, 0.3) is 0 Å². The zero-order valence-corrected chi connectivity index (χ0v) is 11.6. The highest BCUT2D eigenvalue weighted by Crippen LogP contribution is 2.22. The van der Waals surface area contributed by atoms with E-state index < -0.39 is 10.0 Å². The Labute approximate surface area is 109 Å². The van der Waals surface area contributed by atoms with Crippen molar-refractivity contribution in [3.8, 4) is 0 Å². The summed E-state index contributed by atoms with van der Waals surface area (Å²) in [5.41, 5.74) is 6.46. The molecule has 0 spiro atoms. The number of nitrogens with one attached hydrogen (secondary N) is 1. The zero-order valence-electron chi connectivity index (χ0n) is 10.8. The number of benzene rings is 1. The number of hydrogen-bond acceptors (Lipinski definition) is 4. The molecule has 0 heterocycles. The minimum absolute atomic E-state index is 0.0482. The van der Waals surface area contributed by atoms with E-state index in [-0.39, 0.29) is 4.90 Å². The molecule has 0 fully saturated rings. The lowest BCUT2D eigenvalue weighted by molar-refractivity contribution is 0.566. The molecular weight excluding hydrogens is 250 g/mol. The summed E-state index contributed by atoms with van der Waals surface area (Å²) in [5, 5.41) is 8.24. The van der Waals surface area contributed by atoms with Crippen LogP contribution in [0.25, 0.3) is 0 Å². The Morgan fingerprint density at radius 2 is 2.00 bits per heavy atom. The third kappa shape index (κ3) is 4.54. The first-order chi connectivity index (χ1) is 8.30. The SMILES string of the molecule is CC(C)CCCNc1ccc(N)cc1S(N)(=O)=O. The van der Waals surface area contributed by atoms with Gasteiger partial charge in [0.05, 0.1) is 5.69 Å². The molecule has 0 aliphatic carbocycles. The van der Waals surface area contributed by atoms with Crippen molar-refractivity contribution >= 4 is 21.4 Å². The number of nitrogen functional groups attached to an aromatic ring is 1. The van der Waals surface area contributed by atoms with E-state index in [1.807, 2.05) is 0 Å². The van der Waals surface area contributed by atoms with E-state index in [0.29, 0.717) is 23.8 Å². The van der Waals surface area contributed by atoms with Crippen LogP contribution in [0.4, 0.5) is 11.4 Å². The quantitative estimate of drug-likeness (QED) is 0.542. The van der Waals surface area contributed by atoms with Crippen LogP contribution in [-0.4, -0.2) is 15.0 Å². The smallest absolute Gasteiger partial charge is 0.240 e. The molecule has 0 aliphatic rings. The van der Waals surface area contributed by atoms with Crippen molar-refractivity contribution in [1.29, 1.82) is 0 Å². The summed E-state index contributed by atoms with van der Waals surface area (Å²) in [6.45, 7) is 5.02. The number of nitrogens with two attached hydrogens (primary N) is 2. The number of rotatable bonds is 6. The summed E-state index contributed by atoms with van der Waals surface area (Å²) in [5.74, 6) is 0.635. The van der Waals surface area contributed by atoms with Crippen LogP contribution in [-0.2, 0) is 10.0 Å². The molecular formula is C12H21N3O2S. The number of sulfonamides is 1. The van der Waals surface area contributed by atoms with Crippen molar-refractivity contribution in [1.82, 2.24) is 0 Å². The van der Waals surface area contributed by atoms with Crippen LogP contribution in [0, 0.1) is 5.92 Å². The Morgan fingerprint density at radius 3 is 2.56 bits per heavy atom. The van der Waals surface area contributed by atoms with Gasteiger partial charge in [0.15, 0.2) is 0 Å². The van der Waals surface area contributed by atoms with Crippen LogP contribution in [0.15, 0.2) is 23.1 Å². The van der Waals surface area contributed by atoms with Crippen molar-refractivity contribution in [2.75, 3.05) is 17.6 Å². The Kier molecular flexibility index (Phi) is 4.98. The molecule has 102 valence electrons. The monoisotopic (exact) mass is 271 g/mol. The Balaban J connectivity index is 2.77. The third-order valence-corrected chi connectivity index (χ3v) is 3.54. The maximum Gasteiger partial charge on any atom is 0.240 e. The van der Waals surface area contributed by atoms with Crippen LogP contribution in [0.3, 0.4) is 0 Å². The van der Waals surface area contributed by atoms with Gasteiger partial charge in [-0.15, -0.1) is 0 Å². The molecule has 1 rings (SSSR count). The predicted molar refractivity (Wildman–Crippen MR) is 74.8 cm³/mol. The summed E-state index contributed by atoms with van der Waals surface area (Å²) in [6.07, 6.45) is 2.07. The predicted octanol–water partition coefficient (Wildman–Crippen LogP) is 1.76. The highest BCUT2D eigenvalue weighted by atomic mass is 32.2. The molecule has 0 aromatic heterocycles. The van der Waals surface area contributed by atoms with Crippen molar-refractivity contribution in [2.24, 2.45) is 11.1 Å². The second-order valence-corrected chi connectivity index (χ2v) is 6.29. The van der Waals surface area contributed by atoms with Crippen LogP contribution >= 0.6 is 0 Å². The van der Waals surface area contributed by atoms with Crippen molar-refractivity contribution < 1.29 is 8.42 Å². The van der Waals surface area contributed by atoms with Gasteiger partial charge in [-0.3, -0.25) is 0 Å². The molecule has 0 aliphatic heterocycles. The molecule has 0 saturated heterocycles. The van der Waals surface area contributed by atoms with Crippen molar-refractivity contribution in [2.45, 2.75) is 31.6 Å². The van der Waals surface area contributed by atoms with Crippen LogP contribution in [0.2, 0.25) is 0 Å². The lowest BCUT2D eigenvalue weighted by Gasteiger charge is -2.12. The van der Waals surface area contributed by atoms with E-state index in [0.717, 1.165) is 12.8 Å². The standard InChI is InChI=1S/C12H21N3O2S/c1-9(2)4-3-7-15-11-6-5-10(13)8-12(11)18(14,16)17/h5-6,8-9,15H,3-4,7,13H2,1-2H3,(H2,14,16,17). The second kappa shape index (κ2) is 6.06. The molecule has 0 saturated carbocycles. The first-order valence-corrected chi connectivity index (χ1v) is 7.51. The normalized spacial score (nSPS) is 11.8. The zero-order chi connectivity index (χ0) is 13.8. The minimum atomic E-state index is -3.75. The Bertz CT molecular complexity index is 498. The fourth-order valence-corrected chi connectivity index (χ4v) is 2.40. The average molecular weight is 271 g/mol. The summed E-state index contributed by atoms with van der Waals surface area (Å²) in [7, 11) is -3.75. The Morgan fingerprint density at radius 1 is 1.33 bits per heavy atom. The van der Waals surface area contributed by atoms with Gasteiger partial charge in [-0.05, 0) is 37.0 Å². The Hall–Kier alpha value is -1.27. The fraction of sp³-hybridized carbons (Fsp3) is 0.500. The highest BCUT2D eigenvalue weighted by Gasteiger charge is 2.13. The number of hydrogen-bond donors (Lipinski definition) is 3. The summed E-state index contributed by atoms with van der Waals surface area (Å²) in [4.78, 5) is 0.0482. The molecule has 18 heavy (non-hydrogen) atoms. The molecule has 1 aromatic carbocycles. The molecule has 1 aromatic rings. The number of primary sulfonamides is 1. The number of anilines is 2. The van der Waals surface area contributed by atoms with Gasteiger partial charge in [-0.2, -0.15) is 0 Å². The lowest BCUT2D eigenvalue weighted by Crippen LogP contribution is -2.16. The third-order valence-electron chi connectivity index (χ3n) is 2.59. The lowest BCUT2D eigenvalue weighted by atomic mass is 10.1. The first-order valence-electron chi connectivity index (χ1n) is 5.97. The molecule has 0 atom stereocenters. The maximum absolute atomic E-state index is 11.4. The summed E-state index contributed by atoms with van der Waals surface area (Å²) < 4.78 is 22.9. The molecule has 0 amide bonds. The van der Waals surface area contributed by atoms with E-state index in [9.17, 15) is 8.42 Å². The van der Waals surface area contributed by atoms with Crippen LogP contribution < -0.4 is 16.2 Å². The molecule has 5 nitrogen and oxygen atoms in total. The second-order valence-electron chi connectivity index (χ2n) is 4.76. The molecule has 0 bridgehead atoms. The van der Waals surface area contributed by atoms with E-state index in [1.54, 1.807) is 12.1 Å².